The number of nitrogens with zero attached hydrogens (tertiary/aromatic N) is 2. The van der Waals surface area contributed by atoms with E-state index in [1.165, 1.54) is 10.6 Å². The molecule has 5 heteroatoms. The number of aromatic nitrogens is 2. The first-order valence-corrected chi connectivity index (χ1v) is 7.99. The Hall–Kier alpha value is -0.970. The standard InChI is InChI=1S/C15H20ClN3S/c1-10(17)8-13-11(2)18-19(3)15(13)20-9-12-6-4-5-7-14(12)16/h4-7,10H,8-9,17H2,1-3H3. The lowest BCUT2D eigenvalue weighted by Gasteiger charge is -2.09. The van der Waals surface area contributed by atoms with Crippen molar-refractivity contribution >= 4 is 23.4 Å². The van der Waals surface area contributed by atoms with Crippen molar-refractivity contribution < 1.29 is 0 Å². The topological polar surface area (TPSA) is 43.8 Å². The Kier molecular flexibility index (Phi) is 5.13. The molecule has 1 aromatic carbocycles. The molecular weight excluding hydrogens is 290 g/mol. The molecule has 2 aromatic rings. The van der Waals surface area contributed by atoms with E-state index in [0.717, 1.165) is 28.5 Å². The molecule has 0 aliphatic rings. The third-order valence-corrected chi connectivity index (χ3v) is 4.75. The van der Waals surface area contributed by atoms with Gasteiger partial charge in [-0.05, 0) is 31.9 Å². The van der Waals surface area contributed by atoms with Crippen LogP contribution in [0.25, 0.3) is 0 Å². The SMILES string of the molecule is Cc1nn(C)c(SCc2ccccc2Cl)c1CC(C)N. The van der Waals surface area contributed by atoms with Crippen molar-refractivity contribution in [3.63, 3.8) is 0 Å². The molecule has 1 unspecified atom stereocenters. The summed E-state index contributed by atoms with van der Waals surface area (Å²) in [4.78, 5) is 0. The van der Waals surface area contributed by atoms with E-state index in [4.69, 9.17) is 17.3 Å². The van der Waals surface area contributed by atoms with E-state index in [2.05, 4.69) is 11.2 Å². The van der Waals surface area contributed by atoms with E-state index in [-0.39, 0.29) is 6.04 Å². The maximum Gasteiger partial charge on any atom is 0.0975 e. The third-order valence-electron chi connectivity index (χ3n) is 3.14. The molecule has 0 aliphatic carbocycles. The molecule has 2 rings (SSSR count). The lowest BCUT2D eigenvalue weighted by Crippen LogP contribution is -2.18. The van der Waals surface area contributed by atoms with Gasteiger partial charge >= 0.3 is 0 Å². The molecule has 1 atom stereocenters. The maximum absolute atomic E-state index is 6.20. The largest absolute Gasteiger partial charge is 0.328 e. The second-order valence-corrected chi connectivity index (χ2v) is 6.43. The monoisotopic (exact) mass is 309 g/mol. The molecular formula is C15H20ClN3S. The van der Waals surface area contributed by atoms with Gasteiger partial charge in [-0.15, -0.1) is 11.8 Å². The fourth-order valence-electron chi connectivity index (χ4n) is 2.18. The van der Waals surface area contributed by atoms with Crippen LogP contribution in [0.2, 0.25) is 5.02 Å². The summed E-state index contributed by atoms with van der Waals surface area (Å²) in [6.45, 7) is 4.06. The van der Waals surface area contributed by atoms with Crippen LogP contribution in [0.1, 0.15) is 23.7 Å². The highest BCUT2D eigenvalue weighted by atomic mass is 35.5. The molecule has 0 saturated heterocycles. The summed E-state index contributed by atoms with van der Waals surface area (Å²) in [6.07, 6.45) is 0.852. The van der Waals surface area contributed by atoms with E-state index < -0.39 is 0 Å². The average molecular weight is 310 g/mol. The molecule has 0 saturated carbocycles. The quantitative estimate of drug-likeness (QED) is 0.859. The zero-order valence-electron chi connectivity index (χ0n) is 12.1. The van der Waals surface area contributed by atoms with Crippen LogP contribution in [0.5, 0.6) is 0 Å². The molecule has 0 radical (unpaired) electrons. The molecule has 2 N–H and O–H groups in total. The highest BCUT2D eigenvalue weighted by molar-refractivity contribution is 7.98. The Labute approximate surface area is 129 Å². The summed E-state index contributed by atoms with van der Waals surface area (Å²) in [5.41, 5.74) is 9.39. The molecule has 0 bridgehead atoms. The summed E-state index contributed by atoms with van der Waals surface area (Å²) >= 11 is 7.97. The fraction of sp³-hybridized carbons (Fsp3) is 0.400. The van der Waals surface area contributed by atoms with Crippen LogP contribution in [0.3, 0.4) is 0 Å². The lowest BCUT2D eigenvalue weighted by molar-refractivity contribution is 0.677. The average Bonchev–Trinajstić information content (AvgIpc) is 2.63. The van der Waals surface area contributed by atoms with Crippen molar-refractivity contribution in [2.24, 2.45) is 12.8 Å². The van der Waals surface area contributed by atoms with Gasteiger partial charge in [-0.25, -0.2) is 0 Å². The summed E-state index contributed by atoms with van der Waals surface area (Å²) in [7, 11) is 1.98. The molecule has 108 valence electrons. The van der Waals surface area contributed by atoms with E-state index in [9.17, 15) is 0 Å². The van der Waals surface area contributed by atoms with Gasteiger partial charge in [0.1, 0.15) is 0 Å². The highest BCUT2D eigenvalue weighted by Gasteiger charge is 2.15. The lowest BCUT2D eigenvalue weighted by atomic mass is 10.1. The molecule has 0 fully saturated rings. The van der Waals surface area contributed by atoms with Gasteiger partial charge in [-0.3, -0.25) is 4.68 Å². The van der Waals surface area contributed by atoms with Crippen LogP contribution in [0.4, 0.5) is 0 Å². The number of aryl methyl sites for hydroxylation is 2. The number of rotatable bonds is 5. The van der Waals surface area contributed by atoms with Crippen LogP contribution >= 0.6 is 23.4 Å². The second kappa shape index (κ2) is 6.66. The van der Waals surface area contributed by atoms with E-state index in [0.29, 0.717) is 0 Å². The summed E-state index contributed by atoms with van der Waals surface area (Å²) in [5, 5.41) is 6.50. The van der Waals surface area contributed by atoms with E-state index in [1.54, 1.807) is 11.8 Å². The van der Waals surface area contributed by atoms with Crippen molar-refractivity contribution in [2.45, 2.75) is 37.1 Å². The normalized spacial score (nSPS) is 12.7. The number of hydrogen-bond donors (Lipinski definition) is 1. The Morgan fingerprint density at radius 2 is 2.10 bits per heavy atom. The second-order valence-electron chi connectivity index (χ2n) is 5.05. The van der Waals surface area contributed by atoms with Gasteiger partial charge < -0.3 is 5.73 Å². The molecule has 20 heavy (non-hydrogen) atoms. The Bertz CT molecular complexity index is 593. The zero-order valence-corrected chi connectivity index (χ0v) is 13.6. The first kappa shape index (κ1) is 15.4. The van der Waals surface area contributed by atoms with Gasteiger partial charge in [0.05, 0.1) is 10.7 Å². The predicted molar refractivity (Wildman–Crippen MR) is 86.3 cm³/mol. The van der Waals surface area contributed by atoms with Gasteiger partial charge in [-0.1, -0.05) is 29.8 Å². The minimum atomic E-state index is 0.137. The van der Waals surface area contributed by atoms with Crippen LogP contribution in [0, 0.1) is 6.92 Å². The molecule has 1 aromatic heterocycles. The van der Waals surface area contributed by atoms with Crippen molar-refractivity contribution in [3.05, 3.63) is 46.1 Å². The zero-order chi connectivity index (χ0) is 14.7. The van der Waals surface area contributed by atoms with Gasteiger partial charge in [-0.2, -0.15) is 5.10 Å². The van der Waals surface area contributed by atoms with Crippen molar-refractivity contribution in [3.8, 4) is 0 Å². The molecule has 1 heterocycles. The first-order chi connectivity index (χ1) is 9.49. The minimum Gasteiger partial charge on any atom is -0.328 e. The first-order valence-electron chi connectivity index (χ1n) is 6.63. The van der Waals surface area contributed by atoms with Crippen LogP contribution in [0.15, 0.2) is 29.3 Å². The number of thioether (sulfide) groups is 1. The summed E-state index contributed by atoms with van der Waals surface area (Å²) in [5.74, 6) is 0.838. The van der Waals surface area contributed by atoms with E-state index in [1.807, 2.05) is 43.8 Å². The molecule has 3 nitrogen and oxygen atoms in total. The van der Waals surface area contributed by atoms with Crippen molar-refractivity contribution in [1.82, 2.24) is 9.78 Å². The number of hydrogen-bond acceptors (Lipinski definition) is 3. The Morgan fingerprint density at radius 3 is 2.75 bits per heavy atom. The predicted octanol–water partition coefficient (Wildman–Crippen LogP) is 3.56. The Balaban J connectivity index is 2.19. The van der Waals surface area contributed by atoms with Crippen LogP contribution in [-0.2, 0) is 19.2 Å². The van der Waals surface area contributed by atoms with Crippen molar-refractivity contribution in [2.75, 3.05) is 0 Å². The number of nitrogens with two attached hydrogens (primary N) is 1. The van der Waals surface area contributed by atoms with Crippen molar-refractivity contribution in [1.29, 1.82) is 0 Å². The van der Waals surface area contributed by atoms with Gasteiger partial charge in [0.25, 0.3) is 0 Å². The highest BCUT2D eigenvalue weighted by Crippen LogP contribution is 2.30. The fourth-order valence-corrected chi connectivity index (χ4v) is 3.64. The third kappa shape index (κ3) is 3.57. The smallest absolute Gasteiger partial charge is 0.0975 e. The maximum atomic E-state index is 6.20. The van der Waals surface area contributed by atoms with Crippen LogP contribution < -0.4 is 5.73 Å². The summed E-state index contributed by atoms with van der Waals surface area (Å²) < 4.78 is 1.94. The summed E-state index contributed by atoms with van der Waals surface area (Å²) in [6, 6.07) is 8.09. The van der Waals surface area contributed by atoms with Gasteiger partial charge in [0, 0.05) is 29.4 Å². The Morgan fingerprint density at radius 1 is 1.40 bits per heavy atom. The number of halogens is 1. The minimum absolute atomic E-state index is 0.137. The van der Waals surface area contributed by atoms with Gasteiger partial charge in [0.15, 0.2) is 0 Å². The molecule has 0 amide bonds. The molecule has 0 spiro atoms. The van der Waals surface area contributed by atoms with E-state index >= 15 is 0 Å². The van der Waals surface area contributed by atoms with Crippen LogP contribution in [-0.4, -0.2) is 15.8 Å². The molecule has 0 aliphatic heterocycles. The number of benzene rings is 1. The van der Waals surface area contributed by atoms with Gasteiger partial charge in [0.2, 0.25) is 0 Å².